The Labute approximate surface area is 155 Å². The van der Waals surface area contributed by atoms with Gasteiger partial charge in [-0.1, -0.05) is 66.6 Å². The molecule has 0 fully saturated rings. The number of hydrogen-bond acceptors (Lipinski definition) is 5. The van der Waals surface area contributed by atoms with E-state index in [4.69, 9.17) is 11.6 Å². The summed E-state index contributed by atoms with van der Waals surface area (Å²) < 4.78 is 27.4. The maximum Gasteiger partial charge on any atom is 0.263 e. The summed E-state index contributed by atoms with van der Waals surface area (Å²) in [6.07, 6.45) is 1.94. The van der Waals surface area contributed by atoms with Gasteiger partial charge >= 0.3 is 0 Å². The second-order valence-electron chi connectivity index (χ2n) is 5.39. The van der Waals surface area contributed by atoms with E-state index < -0.39 is 10.0 Å². The normalized spacial score (nSPS) is 11.4. The Kier molecular flexibility index (Phi) is 5.36. The molecule has 25 heavy (non-hydrogen) atoms. The molecule has 0 amide bonds. The number of anilines is 1. The van der Waals surface area contributed by atoms with E-state index in [9.17, 15) is 8.42 Å². The number of hydrogen-bond donors (Lipinski definition) is 1. The number of benzene rings is 2. The zero-order valence-electron chi connectivity index (χ0n) is 13.4. The quantitative estimate of drug-likeness (QED) is 0.663. The molecule has 8 heteroatoms. The van der Waals surface area contributed by atoms with Crippen molar-refractivity contribution >= 4 is 38.1 Å². The summed E-state index contributed by atoms with van der Waals surface area (Å²) in [4.78, 5) is 0.196. The number of halogens is 1. The molecule has 0 spiro atoms. The van der Waals surface area contributed by atoms with Crippen LogP contribution in [0.15, 0.2) is 53.4 Å². The van der Waals surface area contributed by atoms with Gasteiger partial charge in [0.25, 0.3) is 10.0 Å². The van der Waals surface area contributed by atoms with Gasteiger partial charge in [0.05, 0.1) is 9.92 Å². The first-order valence-corrected chi connectivity index (χ1v) is 10.4. The minimum atomic E-state index is -3.70. The van der Waals surface area contributed by atoms with Crippen molar-refractivity contribution in [3.63, 3.8) is 0 Å². The van der Waals surface area contributed by atoms with Crippen molar-refractivity contribution < 1.29 is 8.42 Å². The van der Waals surface area contributed by atoms with Gasteiger partial charge in [0.15, 0.2) is 5.01 Å². The lowest BCUT2D eigenvalue weighted by atomic mass is 10.1. The van der Waals surface area contributed by atoms with Crippen molar-refractivity contribution in [2.45, 2.75) is 24.7 Å². The molecule has 0 saturated heterocycles. The van der Waals surface area contributed by atoms with Crippen molar-refractivity contribution in [1.82, 2.24) is 10.2 Å². The average Bonchev–Trinajstić information content (AvgIpc) is 3.03. The summed E-state index contributed by atoms with van der Waals surface area (Å²) in [5.74, 6) is 0. The van der Waals surface area contributed by atoms with E-state index in [1.807, 2.05) is 30.3 Å². The largest absolute Gasteiger partial charge is 0.263 e. The molecular weight excluding hydrogens is 378 g/mol. The highest BCUT2D eigenvalue weighted by atomic mass is 35.5. The van der Waals surface area contributed by atoms with E-state index >= 15 is 0 Å². The number of nitrogens with zero attached hydrogens (tertiary/aromatic N) is 2. The van der Waals surface area contributed by atoms with Crippen LogP contribution in [0.1, 0.15) is 18.9 Å². The van der Waals surface area contributed by atoms with Crippen molar-refractivity contribution in [2.24, 2.45) is 0 Å². The van der Waals surface area contributed by atoms with Crippen LogP contribution in [0.5, 0.6) is 0 Å². The van der Waals surface area contributed by atoms with Crippen LogP contribution in [0, 0.1) is 0 Å². The molecule has 0 aliphatic rings. The summed E-state index contributed by atoms with van der Waals surface area (Å²) in [7, 11) is -3.70. The SMILES string of the molecule is CCCc1ccc(S(=O)(=O)Nc2nnc(-c3ccccc3Cl)s2)cc1. The van der Waals surface area contributed by atoms with E-state index in [-0.39, 0.29) is 10.0 Å². The van der Waals surface area contributed by atoms with Gasteiger partial charge in [-0.3, -0.25) is 4.72 Å². The first kappa shape index (κ1) is 17.8. The Morgan fingerprint density at radius 3 is 2.48 bits per heavy atom. The lowest BCUT2D eigenvalue weighted by Crippen LogP contribution is -2.12. The Hall–Kier alpha value is -1.96. The molecule has 0 unspecified atom stereocenters. The van der Waals surface area contributed by atoms with Gasteiger partial charge in [-0.25, -0.2) is 8.42 Å². The standard InChI is InChI=1S/C17H16ClN3O2S2/c1-2-5-12-8-10-13(11-9-12)25(22,23)21-17-20-19-16(24-17)14-6-3-4-7-15(14)18/h3-4,6-11H,2,5H2,1H3,(H,20,21). The smallest absolute Gasteiger partial charge is 0.253 e. The van der Waals surface area contributed by atoms with Gasteiger partial charge in [-0.2, -0.15) is 0 Å². The zero-order chi connectivity index (χ0) is 17.9. The highest BCUT2D eigenvalue weighted by Crippen LogP contribution is 2.32. The summed E-state index contributed by atoms with van der Waals surface area (Å²) in [5, 5.41) is 9.23. The molecule has 0 bridgehead atoms. The number of nitrogens with one attached hydrogen (secondary N) is 1. The molecule has 3 aromatic rings. The molecule has 0 atom stereocenters. The lowest BCUT2D eigenvalue weighted by Gasteiger charge is -2.05. The Bertz CT molecular complexity index is 970. The van der Waals surface area contributed by atoms with Gasteiger partial charge in [-0.05, 0) is 30.2 Å². The molecule has 0 aliphatic carbocycles. The molecule has 130 valence electrons. The third kappa shape index (κ3) is 4.18. The minimum Gasteiger partial charge on any atom is -0.253 e. The van der Waals surface area contributed by atoms with E-state index in [0.29, 0.717) is 10.0 Å². The third-order valence-corrected chi connectivity index (χ3v) is 6.21. The van der Waals surface area contributed by atoms with Crippen molar-refractivity contribution in [3.05, 3.63) is 59.1 Å². The predicted octanol–water partition coefficient (Wildman–Crippen LogP) is 4.61. The second kappa shape index (κ2) is 7.51. The Morgan fingerprint density at radius 1 is 1.08 bits per heavy atom. The molecule has 1 aromatic heterocycles. The molecule has 2 aromatic carbocycles. The highest BCUT2D eigenvalue weighted by Gasteiger charge is 2.18. The van der Waals surface area contributed by atoms with Gasteiger partial charge < -0.3 is 0 Å². The minimum absolute atomic E-state index is 0.196. The maximum absolute atomic E-state index is 12.5. The monoisotopic (exact) mass is 393 g/mol. The third-order valence-electron chi connectivity index (χ3n) is 3.52. The van der Waals surface area contributed by atoms with E-state index in [1.54, 1.807) is 18.2 Å². The van der Waals surface area contributed by atoms with E-state index in [2.05, 4.69) is 21.8 Å². The molecule has 5 nitrogen and oxygen atoms in total. The summed E-state index contributed by atoms with van der Waals surface area (Å²) in [6, 6.07) is 14.1. The van der Waals surface area contributed by atoms with Crippen LogP contribution in [-0.4, -0.2) is 18.6 Å². The number of sulfonamides is 1. The first-order chi connectivity index (χ1) is 12.0. The Morgan fingerprint density at radius 2 is 1.80 bits per heavy atom. The number of rotatable bonds is 6. The summed E-state index contributed by atoms with van der Waals surface area (Å²) in [6.45, 7) is 2.08. The molecule has 0 radical (unpaired) electrons. The fraction of sp³-hybridized carbons (Fsp3) is 0.176. The maximum atomic E-state index is 12.5. The van der Waals surface area contributed by atoms with Gasteiger partial charge in [0.2, 0.25) is 5.13 Å². The summed E-state index contributed by atoms with van der Waals surface area (Å²) in [5.41, 5.74) is 1.83. The first-order valence-electron chi connectivity index (χ1n) is 7.70. The van der Waals surface area contributed by atoms with Gasteiger partial charge in [-0.15, -0.1) is 10.2 Å². The molecule has 0 saturated carbocycles. The average molecular weight is 394 g/mol. The number of aryl methyl sites for hydroxylation is 1. The lowest BCUT2D eigenvalue weighted by molar-refractivity contribution is 0.601. The van der Waals surface area contributed by atoms with Crippen LogP contribution in [0.4, 0.5) is 5.13 Å². The highest BCUT2D eigenvalue weighted by molar-refractivity contribution is 7.93. The Balaban J connectivity index is 1.81. The topological polar surface area (TPSA) is 72.0 Å². The van der Waals surface area contributed by atoms with Crippen LogP contribution in [0.25, 0.3) is 10.6 Å². The van der Waals surface area contributed by atoms with E-state index in [0.717, 1.165) is 35.3 Å². The van der Waals surface area contributed by atoms with Crippen LogP contribution >= 0.6 is 22.9 Å². The van der Waals surface area contributed by atoms with Crippen LogP contribution in [0.3, 0.4) is 0 Å². The zero-order valence-corrected chi connectivity index (χ0v) is 15.8. The van der Waals surface area contributed by atoms with Crippen molar-refractivity contribution in [2.75, 3.05) is 4.72 Å². The van der Waals surface area contributed by atoms with E-state index in [1.165, 1.54) is 0 Å². The molecule has 3 rings (SSSR count). The molecule has 0 aliphatic heterocycles. The van der Waals surface area contributed by atoms with Crippen LogP contribution < -0.4 is 4.72 Å². The molecular formula is C17H16ClN3O2S2. The fourth-order valence-corrected chi connectivity index (χ4v) is 4.60. The number of aromatic nitrogens is 2. The van der Waals surface area contributed by atoms with Gasteiger partial charge in [0.1, 0.15) is 0 Å². The second-order valence-corrected chi connectivity index (χ2v) is 8.46. The fourth-order valence-electron chi connectivity index (χ4n) is 2.31. The van der Waals surface area contributed by atoms with Crippen LogP contribution in [-0.2, 0) is 16.4 Å². The molecule has 1 heterocycles. The predicted molar refractivity (Wildman–Crippen MR) is 102 cm³/mol. The van der Waals surface area contributed by atoms with Crippen molar-refractivity contribution in [1.29, 1.82) is 0 Å². The van der Waals surface area contributed by atoms with Crippen LogP contribution in [0.2, 0.25) is 5.02 Å². The summed E-state index contributed by atoms with van der Waals surface area (Å²) >= 11 is 7.27. The molecule has 1 N–H and O–H groups in total. The van der Waals surface area contributed by atoms with Gasteiger partial charge in [0, 0.05) is 5.56 Å². The van der Waals surface area contributed by atoms with Crippen molar-refractivity contribution in [3.8, 4) is 10.6 Å².